The number of hydrogen-bond donors (Lipinski definition) is 2. The van der Waals surface area contributed by atoms with Crippen molar-refractivity contribution in [3.8, 4) is 0 Å². The minimum atomic E-state index is -3.25. The summed E-state index contributed by atoms with van der Waals surface area (Å²) in [7, 11) is 1.23. The van der Waals surface area contributed by atoms with Crippen LogP contribution in [-0.4, -0.2) is 91.3 Å². The number of nitrogens with one attached hydrogen (secondary N) is 2. The number of hydrogen-bond acceptors (Lipinski definition) is 6. The zero-order chi connectivity index (χ0) is 19.9. The van der Waals surface area contributed by atoms with E-state index in [4.69, 9.17) is 0 Å². The van der Waals surface area contributed by atoms with Crippen LogP contribution in [0.3, 0.4) is 0 Å². The molecule has 1 atom stereocenters. The average molecular weight is 406 g/mol. The smallest absolute Gasteiger partial charge is 0.242 e. The lowest BCUT2D eigenvalue weighted by Gasteiger charge is -2.28. The molecular formula is C15H27N4O5PS. The zero-order valence-electron chi connectivity index (χ0n) is 15.6. The number of imide groups is 1. The van der Waals surface area contributed by atoms with E-state index in [0.29, 0.717) is 13.0 Å². The van der Waals surface area contributed by atoms with Gasteiger partial charge in [-0.2, -0.15) is 11.8 Å². The average Bonchev–Trinajstić information content (AvgIpc) is 2.88. The van der Waals surface area contributed by atoms with Crippen LogP contribution in [0.25, 0.3) is 0 Å². The molecule has 4 amide bonds. The van der Waals surface area contributed by atoms with Crippen LogP contribution < -0.4 is 10.6 Å². The molecule has 148 valence electrons. The summed E-state index contributed by atoms with van der Waals surface area (Å²) in [5.74, 6) is -1.20. The second-order valence-corrected chi connectivity index (χ2v) is 10.1. The van der Waals surface area contributed by atoms with Gasteiger partial charge in [0, 0.05) is 33.6 Å². The first-order valence-corrected chi connectivity index (χ1v) is 11.6. The third-order valence-corrected chi connectivity index (χ3v) is 8.26. The molecule has 0 aromatic rings. The van der Waals surface area contributed by atoms with Crippen molar-refractivity contribution in [2.45, 2.75) is 18.1 Å². The predicted octanol–water partition coefficient (Wildman–Crippen LogP) is -0.431. The highest BCUT2D eigenvalue weighted by atomic mass is 32.2. The molecule has 11 heteroatoms. The molecule has 0 bridgehead atoms. The molecule has 0 radical (unpaired) electrons. The standard InChI is InChI=1S/C15H27N4O5PS/c1-16-12(20)9-25(24,10-13(21)17-2)18(3)6-5-7-19-14(22)8-11(26-4)15(19)23/h11H,5-10H2,1-4H3,(H,16,20)(H,17,21). The van der Waals surface area contributed by atoms with E-state index >= 15 is 0 Å². The van der Waals surface area contributed by atoms with E-state index in [1.807, 2.05) is 0 Å². The number of nitrogens with zero attached hydrogens (tertiary/aromatic N) is 2. The molecule has 0 aliphatic carbocycles. The Kier molecular flexibility index (Phi) is 8.79. The van der Waals surface area contributed by atoms with Crippen molar-refractivity contribution < 1.29 is 23.7 Å². The maximum atomic E-state index is 13.2. The van der Waals surface area contributed by atoms with Gasteiger partial charge < -0.3 is 15.2 Å². The van der Waals surface area contributed by atoms with Gasteiger partial charge in [-0.05, 0) is 19.7 Å². The fraction of sp³-hybridized carbons (Fsp3) is 0.733. The van der Waals surface area contributed by atoms with Gasteiger partial charge in [0.2, 0.25) is 23.6 Å². The van der Waals surface area contributed by atoms with Gasteiger partial charge >= 0.3 is 0 Å². The van der Waals surface area contributed by atoms with Crippen molar-refractivity contribution in [3.63, 3.8) is 0 Å². The van der Waals surface area contributed by atoms with Crippen LogP contribution >= 0.6 is 19.1 Å². The number of amides is 4. The number of thioether (sulfide) groups is 1. The lowest BCUT2D eigenvalue weighted by Crippen LogP contribution is -2.35. The maximum Gasteiger partial charge on any atom is 0.242 e. The van der Waals surface area contributed by atoms with Crippen molar-refractivity contribution in [3.05, 3.63) is 0 Å². The maximum absolute atomic E-state index is 13.2. The Balaban J connectivity index is 2.69. The Morgan fingerprint density at radius 2 is 1.77 bits per heavy atom. The molecule has 1 heterocycles. The second-order valence-electron chi connectivity index (χ2n) is 6.06. The molecule has 1 aliphatic rings. The highest BCUT2D eigenvalue weighted by Crippen LogP contribution is 2.48. The molecule has 1 fully saturated rings. The van der Waals surface area contributed by atoms with Crippen LogP contribution in [0.4, 0.5) is 0 Å². The SMILES string of the molecule is CNC(=O)CP(=O)(CC(=O)NC)N(C)CCCN1C(=O)CC(SC)C1=O. The Hall–Kier alpha value is -1.38. The van der Waals surface area contributed by atoms with E-state index < -0.39 is 19.1 Å². The molecule has 26 heavy (non-hydrogen) atoms. The normalized spacial score (nSPS) is 17.7. The third-order valence-electron chi connectivity index (χ3n) is 4.31. The number of carbonyl (C=O) groups is 4. The summed E-state index contributed by atoms with van der Waals surface area (Å²) in [4.78, 5) is 48.6. The first kappa shape index (κ1) is 22.7. The molecular weight excluding hydrogens is 379 g/mol. The fourth-order valence-corrected chi connectivity index (χ4v) is 5.57. The fourth-order valence-electron chi connectivity index (χ4n) is 2.62. The Bertz CT molecular complexity index is 593. The topological polar surface area (TPSA) is 116 Å². The molecule has 0 aromatic heterocycles. The lowest BCUT2D eigenvalue weighted by molar-refractivity contribution is -0.138. The molecule has 0 spiro atoms. The second kappa shape index (κ2) is 10.1. The number of rotatable bonds is 10. The van der Waals surface area contributed by atoms with Crippen LogP contribution in [0.1, 0.15) is 12.8 Å². The molecule has 2 N–H and O–H groups in total. The first-order chi connectivity index (χ1) is 12.2. The summed E-state index contributed by atoms with van der Waals surface area (Å²) in [5.41, 5.74) is 0. The minimum Gasteiger partial charge on any atom is -0.359 e. The van der Waals surface area contributed by atoms with Crippen LogP contribution in [0.2, 0.25) is 0 Å². The summed E-state index contributed by atoms with van der Waals surface area (Å²) in [6.45, 7) is 0.533. The Labute approximate surface area is 158 Å². The van der Waals surface area contributed by atoms with Gasteiger partial charge in [0.25, 0.3) is 0 Å². The quantitative estimate of drug-likeness (QED) is 0.374. The Morgan fingerprint density at radius 3 is 2.19 bits per heavy atom. The van der Waals surface area contributed by atoms with Gasteiger partial charge in [0.1, 0.15) is 0 Å². The van der Waals surface area contributed by atoms with Gasteiger partial charge in [-0.15, -0.1) is 0 Å². The third kappa shape index (κ3) is 5.82. The largest absolute Gasteiger partial charge is 0.359 e. The van der Waals surface area contributed by atoms with Gasteiger partial charge in [0.05, 0.1) is 17.6 Å². The summed E-state index contributed by atoms with van der Waals surface area (Å²) >= 11 is 1.35. The molecule has 0 saturated carbocycles. The van der Waals surface area contributed by atoms with E-state index in [1.165, 1.54) is 35.4 Å². The monoisotopic (exact) mass is 406 g/mol. The van der Waals surface area contributed by atoms with Crippen molar-refractivity contribution >= 4 is 42.7 Å². The van der Waals surface area contributed by atoms with Crippen molar-refractivity contribution in [2.75, 3.05) is 52.8 Å². The minimum absolute atomic E-state index is 0.191. The van der Waals surface area contributed by atoms with Crippen molar-refractivity contribution in [1.82, 2.24) is 20.2 Å². The molecule has 1 saturated heterocycles. The summed E-state index contributed by atoms with van der Waals surface area (Å²) in [5, 5.41) is 4.52. The Morgan fingerprint density at radius 1 is 1.23 bits per heavy atom. The summed E-state index contributed by atoms with van der Waals surface area (Å²) < 4.78 is 14.7. The van der Waals surface area contributed by atoms with Crippen LogP contribution in [-0.2, 0) is 23.7 Å². The molecule has 9 nitrogen and oxygen atoms in total. The van der Waals surface area contributed by atoms with Crippen molar-refractivity contribution in [2.24, 2.45) is 0 Å². The molecule has 0 aromatic carbocycles. The van der Waals surface area contributed by atoms with E-state index in [1.54, 1.807) is 13.3 Å². The van der Waals surface area contributed by atoms with E-state index in [9.17, 15) is 23.7 Å². The van der Waals surface area contributed by atoms with Crippen LogP contribution in [0.15, 0.2) is 0 Å². The highest BCUT2D eigenvalue weighted by molar-refractivity contribution is 8.00. The van der Waals surface area contributed by atoms with Gasteiger partial charge in [-0.1, -0.05) is 0 Å². The van der Waals surface area contributed by atoms with Gasteiger partial charge in [-0.3, -0.25) is 28.7 Å². The lowest BCUT2D eigenvalue weighted by atomic mass is 10.4. The molecule has 1 rings (SSSR count). The predicted molar refractivity (Wildman–Crippen MR) is 101 cm³/mol. The van der Waals surface area contributed by atoms with Crippen LogP contribution in [0, 0.1) is 0 Å². The van der Waals surface area contributed by atoms with Gasteiger partial charge in [0.15, 0.2) is 7.29 Å². The molecule has 1 unspecified atom stereocenters. The van der Waals surface area contributed by atoms with E-state index in [-0.39, 0.29) is 42.4 Å². The number of likely N-dealkylation sites (tertiary alicyclic amines) is 1. The van der Waals surface area contributed by atoms with Gasteiger partial charge in [-0.25, -0.2) is 0 Å². The summed E-state index contributed by atoms with van der Waals surface area (Å²) in [6, 6.07) is 0. The first-order valence-electron chi connectivity index (χ1n) is 8.26. The zero-order valence-corrected chi connectivity index (χ0v) is 17.3. The van der Waals surface area contributed by atoms with Crippen LogP contribution in [0.5, 0.6) is 0 Å². The van der Waals surface area contributed by atoms with E-state index in [2.05, 4.69) is 10.6 Å². The van der Waals surface area contributed by atoms with Crippen molar-refractivity contribution in [1.29, 1.82) is 0 Å². The summed E-state index contributed by atoms with van der Waals surface area (Å²) in [6.07, 6.45) is 1.90. The molecule has 1 aliphatic heterocycles. The highest BCUT2D eigenvalue weighted by Gasteiger charge is 2.38. The number of carbonyl (C=O) groups excluding carboxylic acids is 4. The van der Waals surface area contributed by atoms with E-state index in [0.717, 1.165) is 0 Å².